The maximum Gasteiger partial charge on any atom is 0.323 e. The number of hydrogen-bond acceptors (Lipinski definition) is 5. The van der Waals surface area contributed by atoms with Crippen LogP contribution in [0.1, 0.15) is 61.4 Å². The van der Waals surface area contributed by atoms with Gasteiger partial charge >= 0.3 is 5.97 Å². The summed E-state index contributed by atoms with van der Waals surface area (Å²) in [5.74, 6) is -0.523. The molecule has 2 aromatic carbocycles. The quantitative estimate of drug-likeness (QED) is 0.380. The first kappa shape index (κ1) is 25.2. The van der Waals surface area contributed by atoms with Crippen LogP contribution < -0.4 is 11.5 Å². The van der Waals surface area contributed by atoms with Crippen LogP contribution in [0.15, 0.2) is 54.6 Å². The van der Waals surface area contributed by atoms with Gasteiger partial charge in [-0.25, -0.2) is 0 Å². The molecule has 2 rings (SSSR count). The van der Waals surface area contributed by atoms with Crippen LogP contribution in [0.2, 0.25) is 0 Å². The zero-order valence-corrected chi connectivity index (χ0v) is 17.8. The zero-order valence-electron chi connectivity index (χ0n) is 17.8. The number of benzene rings is 2. The van der Waals surface area contributed by atoms with E-state index in [1.165, 1.54) is 25.7 Å². The summed E-state index contributed by atoms with van der Waals surface area (Å²) in [7, 11) is 0. The fourth-order valence-corrected chi connectivity index (χ4v) is 2.73. The van der Waals surface area contributed by atoms with Crippen molar-refractivity contribution in [1.82, 2.24) is 0 Å². The van der Waals surface area contributed by atoms with Crippen molar-refractivity contribution in [2.24, 2.45) is 11.5 Å². The number of unbranched alkanes of at least 4 members (excludes halogenated alkanes) is 5. The minimum Gasteiger partial charge on any atom is -0.508 e. The molecule has 0 fully saturated rings. The van der Waals surface area contributed by atoms with Crippen molar-refractivity contribution < 1.29 is 19.4 Å². The fourth-order valence-electron chi connectivity index (χ4n) is 2.73. The van der Waals surface area contributed by atoms with Crippen molar-refractivity contribution in [3.63, 3.8) is 0 Å². The number of ether oxygens (including phenoxy) is 1. The Hall–Kier alpha value is -2.86. The minimum atomic E-state index is -0.644. The molecule has 1 amide bonds. The summed E-state index contributed by atoms with van der Waals surface area (Å²) in [5, 5.41) is 9.20. The van der Waals surface area contributed by atoms with Gasteiger partial charge in [0.15, 0.2) is 0 Å². The molecular weight excluding hydrogens is 380 g/mol. The first-order chi connectivity index (χ1) is 14.4. The molecule has 0 aliphatic carbocycles. The van der Waals surface area contributed by atoms with Crippen LogP contribution in [0.4, 0.5) is 0 Å². The van der Waals surface area contributed by atoms with Crippen molar-refractivity contribution in [2.45, 2.75) is 57.9 Å². The van der Waals surface area contributed by atoms with Crippen LogP contribution in [0.3, 0.4) is 0 Å². The average Bonchev–Trinajstić information content (AvgIpc) is 2.75. The van der Waals surface area contributed by atoms with Gasteiger partial charge in [-0.1, -0.05) is 69.4 Å². The van der Waals surface area contributed by atoms with E-state index in [9.17, 15) is 14.7 Å². The van der Waals surface area contributed by atoms with Gasteiger partial charge in [-0.15, -0.1) is 0 Å². The normalized spacial score (nSPS) is 11.1. The van der Waals surface area contributed by atoms with E-state index in [2.05, 4.69) is 6.92 Å². The smallest absolute Gasteiger partial charge is 0.323 e. The summed E-state index contributed by atoms with van der Waals surface area (Å²) in [6.07, 6.45) is 7.39. The van der Waals surface area contributed by atoms with Crippen LogP contribution >= 0.6 is 0 Å². The molecule has 0 radical (unpaired) electrons. The number of phenolic OH excluding ortho intramolecular Hbond substituents is 1. The number of nitrogens with two attached hydrogens (primary N) is 2. The Balaban J connectivity index is 0.000000414. The van der Waals surface area contributed by atoms with E-state index in [0.29, 0.717) is 18.6 Å². The number of amides is 1. The number of rotatable bonds is 11. The Labute approximate surface area is 179 Å². The highest BCUT2D eigenvalue weighted by molar-refractivity contribution is 5.92. The Kier molecular flexibility index (Phi) is 12.6. The molecule has 5 N–H and O–H groups in total. The number of carbonyl (C=O) groups is 2. The summed E-state index contributed by atoms with van der Waals surface area (Å²) in [5.41, 5.74) is 12.3. The molecule has 0 heterocycles. The molecule has 0 aliphatic rings. The Morgan fingerprint density at radius 1 is 0.933 bits per heavy atom. The summed E-state index contributed by atoms with van der Waals surface area (Å²) in [4.78, 5) is 22.2. The van der Waals surface area contributed by atoms with Crippen LogP contribution in [-0.4, -0.2) is 29.6 Å². The Morgan fingerprint density at radius 3 is 2.10 bits per heavy atom. The second-order valence-corrected chi connectivity index (χ2v) is 7.14. The highest BCUT2D eigenvalue weighted by atomic mass is 16.5. The fraction of sp³-hybridized carbons (Fsp3) is 0.417. The molecule has 6 heteroatoms. The predicted molar refractivity (Wildman–Crippen MR) is 119 cm³/mol. The van der Waals surface area contributed by atoms with E-state index in [1.807, 2.05) is 6.07 Å². The van der Waals surface area contributed by atoms with Crippen LogP contribution in [0.25, 0.3) is 0 Å². The molecule has 1 atom stereocenters. The molecule has 0 saturated heterocycles. The lowest BCUT2D eigenvalue weighted by atomic mass is 10.1. The maximum absolute atomic E-state index is 11.8. The predicted octanol–water partition coefficient (Wildman–Crippen LogP) is 3.95. The molecule has 0 saturated carbocycles. The van der Waals surface area contributed by atoms with Gasteiger partial charge in [0.25, 0.3) is 0 Å². The first-order valence-electron chi connectivity index (χ1n) is 10.5. The van der Waals surface area contributed by atoms with E-state index in [4.69, 9.17) is 16.2 Å². The number of hydrogen-bond donors (Lipinski definition) is 3. The highest BCUT2D eigenvalue weighted by Crippen LogP contribution is 2.11. The van der Waals surface area contributed by atoms with Crippen LogP contribution in [-0.2, 0) is 16.0 Å². The number of esters is 1. The Morgan fingerprint density at radius 2 is 1.53 bits per heavy atom. The van der Waals surface area contributed by atoms with Crippen LogP contribution in [0.5, 0.6) is 5.75 Å². The standard InChI is InChI=1S/C17H27NO3.C7H7NO/c1-2-3-4-5-6-7-12-21-17(20)16(18)13-14-8-10-15(19)11-9-14;8-7(9)6-4-2-1-3-5-6/h8-11,16,19H,2-7,12-13,18H2,1H3;1-5H,(H2,8,9). The lowest BCUT2D eigenvalue weighted by Gasteiger charge is -2.11. The van der Waals surface area contributed by atoms with Gasteiger partial charge in [0.2, 0.25) is 5.91 Å². The van der Waals surface area contributed by atoms with Gasteiger partial charge in [0.1, 0.15) is 11.8 Å². The number of aromatic hydroxyl groups is 1. The Bertz CT molecular complexity index is 733. The lowest BCUT2D eigenvalue weighted by molar-refractivity contribution is -0.145. The third kappa shape index (κ3) is 11.2. The van der Waals surface area contributed by atoms with Gasteiger partial charge in [-0.05, 0) is 42.7 Å². The summed E-state index contributed by atoms with van der Waals surface area (Å²) in [6, 6.07) is 14.8. The first-order valence-corrected chi connectivity index (χ1v) is 10.5. The third-order valence-electron chi connectivity index (χ3n) is 4.50. The summed E-state index contributed by atoms with van der Waals surface area (Å²) >= 11 is 0. The molecule has 164 valence electrons. The summed E-state index contributed by atoms with van der Waals surface area (Å²) in [6.45, 7) is 2.64. The van der Waals surface area contributed by atoms with Crippen molar-refractivity contribution >= 4 is 11.9 Å². The van der Waals surface area contributed by atoms with Crippen molar-refractivity contribution in [1.29, 1.82) is 0 Å². The molecular formula is C24H34N2O4. The monoisotopic (exact) mass is 414 g/mol. The van der Waals surface area contributed by atoms with Crippen LogP contribution in [0, 0.1) is 0 Å². The second-order valence-electron chi connectivity index (χ2n) is 7.14. The van der Waals surface area contributed by atoms with E-state index in [0.717, 1.165) is 18.4 Å². The highest BCUT2D eigenvalue weighted by Gasteiger charge is 2.15. The molecule has 0 aromatic heterocycles. The van der Waals surface area contributed by atoms with Gasteiger partial charge in [0.05, 0.1) is 6.61 Å². The zero-order chi connectivity index (χ0) is 22.2. The molecule has 30 heavy (non-hydrogen) atoms. The minimum absolute atomic E-state index is 0.206. The van der Waals surface area contributed by atoms with Crippen molar-refractivity contribution in [2.75, 3.05) is 6.61 Å². The maximum atomic E-state index is 11.8. The molecule has 6 nitrogen and oxygen atoms in total. The molecule has 0 spiro atoms. The van der Waals surface area contributed by atoms with Gasteiger partial charge in [-0.2, -0.15) is 0 Å². The largest absolute Gasteiger partial charge is 0.508 e. The topological polar surface area (TPSA) is 116 Å². The van der Waals surface area contributed by atoms with Crippen molar-refractivity contribution in [3.05, 3.63) is 65.7 Å². The molecule has 0 bridgehead atoms. The lowest BCUT2D eigenvalue weighted by Crippen LogP contribution is -2.34. The van der Waals surface area contributed by atoms with Gasteiger partial charge in [0, 0.05) is 5.56 Å². The number of carbonyl (C=O) groups excluding carboxylic acids is 2. The SMILES string of the molecule is CCCCCCCCOC(=O)C(N)Cc1ccc(O)cc1.NC(=O)c1ccccc1. The number of primary amides is 1. The van der Waals surface area contributed by atoms with Gasteiger partial charge < -0.3 is 21.3 Å². The van der Waals surface area contributed by atoms with E-state index >= 15 is 0 Å². The molecule has 0 aliphatic heterocycles. The van der Waals surface area contributed by atoms with Gasteiger partial charge in [-0.3, -0.25) is 9.59 Å². The second kappa shape index (κ2) is 15.0. The summed E-state index contributed by atoms with van der Waals surface area (Å²) < 4.78 is 5.19. The van der Waals surface area contributed by atoms with E-state index in [1.54, 1.807) is 48.5 Å². The third-order valence-corrected chi connectivity index (χ3v) is 4.50. The number of phenols is 1. The molecule has 1 unspecified atom stereocenters. The molecule has 2 aromatic rings. The average molecular weight is 415 g/mol. The van der Waals surface area contributed by atoms with E-state index < -0.39 is 6.04 Å². The van der Waals surface area contributed by atoms with Crippen molar-refractivity contribution in [3.8, 4) is 5.75 Å². The van der Waals surface area contributed by atoms with E-state index in [-0.39, 0.29) is 17.6 Å².